The first-order chi connectivity index (χ1) is 8.22. The van der Waals surface area contributed by atoms with E-state index in [4.69, 9.17) is 9.52 Å². The van der Waals surface area contributed by atoms with E-state index in [-0.39, 0.29) is 12.5 Å². The highest BCUT2D eigenvalue weighted by Crippen LogP contribution is 2.16. The minimum atomic E-state index is -0.445. The number of rotatable bonds is 5. The van der Waals surface area contributed by atoms with Crippen molar-refractivity contribution >= 4 is 16.8 Å². The number of aliphatic hydroxyl groups is 1. The molecule has 0 aliphatic heterocycles. The minimum absolute atomic E-state index is 0.175. The van der Waals surface area contributed by atoms with Crippen molar-refractivity contribution in [3.8, 4) is 0 Å². The van der Waals surface area contributed by atoms with Gasteiger partial charge in [-0.05, 0) is 30.5 Å². The van der Waals surface area contributed by atoms with Gasteiger partial charge in [0, 0.05) is 18.8 Å². The molecule has 2 rings (SSSR count). The monoisotopic (exact) mass is 236 g/mol. The van der Waals surface area contributed by atoms with Gasteiger partial charge in [0.25, 0.3) is 0 Å². The molecule has 0 fully saturated rings. The van der Waals surface area contributed by atoms with E-state index in [1.165, 1.54) is 0 Å². The molecule has 2 aromatic rings. The number of aromatic amines is 1. The average Bonchev–Trinajstić information content (AvgIpc) is 2.69. The minimum Gasteiger partial charge on any atom is -0.408 e. The van der Waals surface area contributed by atoms with E-state index in [2.05, 4.69) is 10.3 Å². The van der Waals surface area contributed by atoms with E-state index in [1.807, 2.05) is 19.1 Å². The van der Waals surface area contributed by atoms with Crippen LogP contribution in [0.3, 0.4) is 0 Å². The van der Waals surface area contributed by atoms with Crippen LogP contribution in [0.4, 0.5) is 5.69 Å². The first-order valence-corrected chi connectivity index (χ1v) is 5.70. The number of benzene rings is 1. The van der Waals surface area contributed by atoms with Crippen LogP contribution in [0.15, 0.2) is 27.4 Å². The van der Waals surface area contributed by atoms with Gasteiger partial charge in [0.2, 0.25) is 0 Å². The summed E-state index contributed by atoms with van der Waals surface area (Å²) in [6.45, 7) is 2.92. The maximum atomic E-state index is 11.0. The molecular formula is C12H16N2O3. The Hall–Kier alpha value is -1.75. The Morgan fingerprint density at radius 1 is 1.53 bits per heavy atom. The number of H-pyrrole nitrogens is 1. The van der Waals surface area contributed by atoms with E-state index in [1.54, 1.807) is 6.07 Å². The van der Waals surface area contributed by atoms with Gasteiger partial charge in [-0.25, -0.2) is 4.79 Å². The number of fused-ring (bicyclic) bond motifs is 1. The van der Waals surface area contributed by atoms with Crippen LogP contribution in [-0.2, 0) is 0 Å². The number of nitrogens with one attached hydrogen (secondary N) is 2. The summed E-state index contributed by atoms with van der Waals surface area (Å²) < 4.78 is 4.91. The highest BCUT2D eigenvalue weighted by atomic mass is 16.4. The fraction of sp³-hybridized carbons (Fsp3) is 0.417. The number of hydrogen-bond donors (Lipinski definition) is 3. The van der Waals surface area contributed by atoms with Crippen molar-refractivity contribution in [2.24, 2.45) is 5.92 Å². The molecule has 1 unspecified atom stereocenters. The van der Waals surface area contributed by atoms with Crippen molar-refractivity contribution in [3.05, 3.63) is 28.7 Å². The number of aliphatic hydroxyl groups excluding tert-OH is 1. The smallest absolute Gasteiger partial charge is 0.408 e. The van der Waals surface area contributed by atoms with E-state index >= 15 is 0 Å². The summed E-state index contributed by atoms with van der Waals surface area (Å²) in [5.74, 6) is -0.201. The van der Waals surface area contributed by atoms with Gasteiger partial charge in [-0.3, -0.25) is 4.98 Å². The van der Waals surface area contributed by atoms with Gasteiger partial charge in [0.15, 0.2) is 5.58 Å². The fourth-order valence-electron chi connectivity index (χ4n) is 1.66. The number of aromatic nitrogens is 1. The molecule has 0 aliphatic rings. The zero-order chi connectivity index (χ0) is 12.3. The lowest BCUT2D eigenvalue weighted by Gasteiger charge is -2.13. The van der Waals surface area contributed by atoms with Crippen molar-refractivity contribution in [3.63, 3.8) is 0 Å². The Kier molecular flexibility index (Phi) is 3.49. The fourth-order valence-corrected chi connectivity index (χ4v) is 1.66. The topological polar surface area (TPSA) is 78.3 Å². The first-order valence-electron chi connectivity index (χ1n) is 5.70. The molecule has 92 valence electrons. The van der Waals surface area contributed by atoms with Crippen LogP contribution in [-0.4, -0.2) is 23.2 Å². The summed E-state index contributed by atoms with van der Waals surface area (Å²) in [6, 6.07) is 5.42. The molecule has 0 radical (unpaired) electrons. The van der Waals surface area contributed by atoms with E-state index < -0.39 is 5.76 Å². The lowest BCUT2D eigenvalue weighted by atomic mass is 10.1. The third kappa shape index (κ3) is 2.68. The van der Waals surface area contributed by atoms with Crippen LogP contribution in [0.25, 0.3) is 11.1 Å². The van der Waals surface area contributed by atoms with Gasteiger partial charge in [-0.2, -0.15) is 0 Å². The Labute approximate surface area is 98.5 Å². The Bertz CT molecular complexity index is 540. The van der Waals surface area contributed by atoms with Crippen LogP contribution in [0.1, 0.15) is 13.3 Å². The largest absolute Gasteiger partial charge is 0.417 e. The van der Waals surface area contributed by atoms with Crippen molar-refractivity contribution in [2.45, 2.75) is 13.3 Å². The van der Waals surface area contributed by atoms with Crippen molar-refractivity contribution < 1.29 is 9.52 Å². The van der Waals surface area contributed by atoms with Crippen molar-refractivity contribution in [2.75, 3.05) is 18.5 Å². The molecule has 1 aromatic carbocycles. The van der Waals surface area contributed by atoms with Gasteiger partial charge in [-0.1, -0.05) is 6.92 Å². The number of hydrogen-bond acceptors (Lipinski definition) is 4. The standard InChI is InChI=1S/C12H16N2O3/c1-2-8(7-15)6-13-9-3-4-11-10(5-9)14-12(16)17-11/h3-5,8,13,15H,2,6-7H2,1H3,(H,14,16). The summed E-state index contributed by atoms with van der Waals surface area (Å²) in [7, 11) is 0. The lowest BCUT2D eigenvalue weighted by Crippen LogP contribution is -2.16. The first kappa shape index (κ1) is 11.7. The second-order valence-corrected chi connectivity index (χ2v) is 4.06. The predicted octanol–water partition coefficient (Wildman–Crippen LogP) is 1.55. The van der Waals surface area contributed by atoms with Gasteiger partial charge >= 0.3 is 5.76 Å². The molecule has 0 saturated carbocycles. The summed E-state index contributed by atoms with van der Waals surface area (Å²) in [5, 5.41) is 12.3. The van der Waals surface area contributed by atoms with Crippen LogP contribution in [0, 0.1) is 5.92 Å². The third-order valence-corrected chi connectivity index (χ3v) is 2.85. The lowest BCUT2D eigenvalue weighted by molar-refractivity contribution is 0.230. The SMILES string of the molecule is CCC(CO)CNc1ccc2oc(=O)[nH]c2c1. The van der Waals surface area contributed by atoms with E-state index in [0.29, 0.717) is 17.6 Å². The molecule has 5 nitrogen and oxygen atoms in total. The predicted molar refractivity (Wildman–Crippen MR) is 66.2 cm³/mol. The molecule has 5 heteroatoms. The number of anilines is 1. The number of oxazole rings is 1. The molecule has 17 heavy (non-hydrogen) atoms. The summed E-state index contributed by atoms with van der Waals surface area (Å²) in [5.41, 5.74) is 2.13. The molecule has 1 atom stereocenters. The Balaban J connectivity index is 2.11. The molecule has 0 amide bonds. The van der Waals surface area contributed by atoms with Crippen LogP contribution >= 0.6 is 0 Å². The summed E-state index contributed by atoms with van der Waals surface area (Å²) >= 11 is 0. The average molecular weight is 236 g/mol. The van der Waals surface area contributed by atoms with Gasteiger partial charge in [-0.15, -0.1) is 0 Å². The molecular weight excluding hydrogens is 220 g/mol. The molecule has 0 spiro atoms. The second-order valence-electron chi connectivity index (χ2n) is 4.06. The van der Waals surface area contributed by atoms with Crippen molar-refractivity contribution in [1.82, 2.24) is 4.98 Å². The van der Waals surface area contributed by atoms with Crippen LogP contribution in [0.2, 0.25) is 0 Å². The van der Waals surface area contributed by atoms with Crippen LogP contribution < -0.4 is 11.1 Å². The molecule has 0 aliphatic carbocycles. The Morgan fingerprint density at radius 3 is 3.06 bits per heavy atom. The highest BCUT2D eigenvalue weighted by molar-refractivity contribution is 5.76. The summed E-state index contributed by atoms with van der Waals surface area (Å²) in [6.07, 6.45) is 0.925. The van der Waals surface area contributed by atoms with E-state index in [9.17, 15) is 4.79 Å². The van der Waals surface area contributed by atoms with Crippen LogP contribution in [0.5, 0.6) is 0 Å². The highest BCUT2D eigenvalue weighted by Gasteiger charge is 2.05. The van der Waals surface area contributed by atoms with Gasteiger partial charge < -0.3 is 14.8 Å². The quantitative estimate of drug-likeness (QED) is 0.736. The molecule has 1 heterocycles. The zero-order valence-corrected chi connectivity index (χ0v) is 9.69. The second kappa shape index (κ2) is 5.05. The maximum Gasteiger partial charge on any atom is 0.417 e. The third-order valence-electron chi connectivity index (χ3n) is 2.85. The van der Waals surface area contributed by atoms with Gasteiger partial charge in [0.1, 0.15) is 0 Å². The molecule has 0 bridgehead atoms. The molecule has 3 N–H and O–H groups in total. The normalized spacial score (nSPS) is 12.8. The van der Waals surface area contributed by atoms with E-state index in [0.717, 1.165) is 12.1 Å². The Morgan fingerprint density at radius 2 is 2.35 bits per heavy atom. The molecule has 1 aromatic heterocycles. The zero-order valence-electron chi connectivity index (χ0n) is 9.69. The summed E-state index contributed by atoms with van der Waals surface area (Å²) in [4.78, 5) is 13.6. The van der Waals surface area contributed by atoms with Crippen molar-refractivity contribution in [1.29, 1.82) is 0 Å². The van der Waals surface area contributed by atoms with Gasteiger partial charge in [0.05, 0.1) is 5.52 Å². The molecule has 0 saturated heterocycles. The maximum absolute atomic E-state index is 11.0.